The molecule has 122 valence electrons. The summed E-state index contributed by atoms with van der Waals surface area (Å²) in [6, 6.07) is 6.38. The summed E-state index contributed by atoms with van der Waals surface area (Å²) in [7, 11) is 0. The maximum atomic E-state index is 12.8. The fraction of sp³-hybridized carbons (Fsp3) is 0.556. The SMILES string of the molecule is CCCc1cccc2c(C(=O)NC3CN4CCC3CC4)cnn12. The molecule has 2 aromatic rings. The van der Waals surface area contributed by atoms with E-state index in [0.717, 1.165) is 30.6 Å². The van der Waals surface area contributed by atoms with E-state index in [0.29, 0.717) is 17.5 Å². The van der Waals surface area contributed by atoms with Crippen LogP contribution in [0.5, 0.6) is 0 Å². The van der Waals surface area contributed by atoms with Crippen molar-refractivity contribution in [3.63, 3.8) is 0 Å². The molecule has 3 saturated heterocycles. The first-order valence-electron chi connectivity index (χ1n) is 8.75. The number of carbonyl (C=O) groups is 1. The number of nitrogens with one attached hydrogen (secondary N) is 1. The molecule has 2 aromatic heterocycles. The van der Waals surface area contributed by atoms with Gasteiger partial charge in [0.2, 0.25) is 0 Å². The molecule has 3 aliphatic rings. The monoisotopic (exact) mass is 312 g/mol. The standard InChI is InChI=1S/C18H24N4O/c1-2-4-14-5-3-6-17-15(11-19-22(14)17)18(23)20-16-12-21-9-7-13(16)8-10-21/h3,5-6,11,13,16H,2,4,7-10,12H2,1H3,(H,20,23). The lowest BCUT2D eigenvalue weighted by atomic mass is 9.84. The first-order chi connectivity index (χ1) is 11.3. The summed E-state index contributed by atoms with van der Waals surface area (Å²) in [4.78, 5) is 15.2. The van der Waals surface area contributed by atoms with E-state index in [1.807, 2.05) is 16.6 Å². The van der Waals surface area contributed by atoms with E-state index in [1.165, 1.54) is 25.9 Å². The second-order valence-electron chi connectivity index (χ2n) is 6.84. The summed E-state index contributed by atoms with van der Waals surface area (Å²) < 4.78 is 1.91. The number of hydrogen-bond donors (Lipinski definition) is 1. The molecule has 2 bridgehead atoms. The van der Waals surface area contributed by atoms with Gasteiger partial charge in [0.25, 0.3) is 5.91 Å². The van der Waals surface area contributed by atoms with Crippen LogP contribution in [0.15, 0.2) is 24.4 Å². The Bertz CT molecular complexity index is 715. The lowest BCUT2D eigenvalue weighted by Gasteiger charge is -2.44. The second kappa shape index (κ2) is 5.96. The molecular weight excluding hydrogens is 288 g/mol. The minimum atomic E-state index is 0.0207. The van der Waals surface area contributed by atoms with E-state index in [-0.39, 0.29) is 5.91 Å². The Morgan fingerprint density at radius 1 is 1.35 bits per heavy atom. The molecule has 1 unspecified atom stereocenters. The quantitative estimate of drug-likeness (QED) is 0.941. The minimum Gasteiger partial charge on any atom is -0.348 e. The van der Waals surface area contributed by atoms with Gasteiger partial charge in [0.15, 0.2) is 0 Å². The van der Waals surface area contributed by atoms with Crippen LogP contribution in [-0.2, 0) is 6.42 Å². The molecule has 1 atom stereocenters. The van der Waals surface area contributed by atoms with Crippen molar-refractivity contribution in [1.29, 1.82) is 0 Å². The predicted molar refractivity (Wildman–Crippen MR) is 89.6 cm³/mol. The molecule has 1 N–H and O–H groups in total. The highest BCUT2D eigenvalue weighted by Crippen LogP contribution is 2.27. The number of piperidine rings is 3. The summed E-state index contributed by atoms with van der Waals surface area (Å²) in [6.45, 7) is 5.53. The van der Waals surface area contributed by atoms with Gasteiger partial charge in [0.05, 0.1) is 17.3 Å². The molecular formula is C18H24N4O. The zero-order valence-corrected chi connectivity index (χ0v) is 13.7. The number of aryl methyl sites for hydroxylation is 1. The highest BCUT2D eigenvalue weighted by molar-refractivity contribution is 6.00. The summed E-state index contributed by atoms with van der Waals surface area (Å²) >= 11 is 0. The molecule has 3 aliphatic heterocycles. The number of rotatable bonds is 4. The van der Waals surface area contributed by atoms with E-state index in [2.05, 4.69) is 28.3 Å². The third-order valence-corrected chi connectivity index (χ3v) is 5.34. The molecule has 1 amide bonds. The number of pyridine rings is 1. The Morgan fingerprint density at radius 3 is 2.87 bits per heavy atom. The largest absolute Gasteiger partial charge is 0.348 e. The molecule has 5 heterocycles. The van der Waals surface area contributed by atoms with E-state index in [1.54, 1.807) is 6.20 Å². The van der Waals surface area contributed by atoms with Crippen LogP contribution in [0, 0.1) is 5.92 Å². The van der Waals surface area contributed by atoms with Gasteiger partial charge in [-0.15, -0.1) is 0 Å². The molecule has 5 nitrogen and oxygen atoms in total. The van der Waals surface area contributed by atoms with Gasteiger partial charge in [0, 0.05) is 18.3 Å². The zero-order chi connectivity index (χ0) is 15.8. The number of carbonyl (C=O) groups excluding carboxylic acids is 1. The van der Waals surface area contributed by atoms with Crippen molar-refractivity contribution < 1.29 is 4.79 Å². The van der Waals surface area contributed by atoms with Crippen molar-refractivity contribution >= 4 is 11.4 Å². The number of nitrogens with zero attached hydrogens (tertiary/aromatic N) is 3. The van der Waals surface area contributed by atoms with Crippen LogP contribution in [0.2, 0.25) is 0 Å². The number of amides is 1. The van der Waals surface area contributed by atoms with Gasteiger partial charge >= 0.3 is 0 Å². The van der Waals surface area contributed by atoms with Crippen molar-refractivity contribution in [2.24, 2.45) is 5.92 Å². The zero-order valence-electron chi connectivity index (χ0n) is 13.7. The van der Waals surface area contributed by atoms with Crippen LogP contribution >= 0.6 is 0 Å². The smallest absolute Gasteiger partial charge is 0.255 e. The second-order valence-corrected chi connectivity index (χ2v) is 6.84. The van der Waals surface area contributed by atoms with Crippen molar-refractivity contribution in [1.82, 2.24) is 19.8 Å². The topological polar surface area (TPSA) is 49.6 Å². The fourth-order valence-corrected chi connectivity index (χ4v) is 4.06. The Kier molecular flexibility index (Phi) is 3.81. The van der Waals surface area contributed by atoms with Gasteiger partial charge in [-0.05, 0) is 50.4 Å². The Balaban J connectivity index is 1.57. The first kappa shape index (κ1) is 14.7. The van der Waals surface area contributed by atoms with E-state index in [9.17, 15) is 4.79 Å². The maximum absolute atomic E-state index is 12.8. The molecule has 5 heteroatoms. The predicted octanol–water partition coefficient (Wildman–Crippen LogP) is 2.11. The summed E-state index contributed by atoms with van der Waals surface area (Å²) in [5.74, 6) is 0.661. The first-order valence-corrected chi connectivity index (χ1v) is 8.75. The van der Waals surface area contributed by atoms with Crippen molar-refractivity contribution in [2.75, 3.05) is 19.6 Å². The van der Waals surface area contributed by atoms with E-state index < -0.39 is 0 Å². The van der Waals surface area contributed by atoms with Crippen molar-refractivity contribution in [3.8, 4) is 0 Å². The lowest BCUT2D eigenvalue weighted by molar-refractivity contribution is 0.0621. The summed E-state index contributed by atoms with van der Waals surface area (Å²) in [5.41, 5.74) is 2.76. The van der Waals surface area contributed by atoms with Crippen LogP contribution in [0.3, 0.4) is 0 Å². The Labute approximate surface area is 136 Å². The molecule has 3 fully saturated rings. The molecule has 0 aromatic carbocycles. The van der Waals surface area contributed by atoms with E-state index >= 15 is 0 Å². The lowest BCUT2D eigenvalue weighted by Crippen LogP contribution is -2.57. The maximum Gasteiger partial charge on any atom is 0.255 e. The van der Waals surface area contributed by atoms with Gasteiger partial charge in [-0.1, -0.05) is 19.4 Å². The molecule has 0 aliphatic carbocycles. The third-order valence-electron chi connectivity index (χ3n) is 5.34. The summed E-state index contributed by atoms with van der Waals surface area (Å²) in [5, 5.41) is 7.71. The van der Waals surface area contributed by atoms with Gasteiger partial charge in [-0.3, -0.25) is 4.79 Å². The van der Waals surface area contributed by atoms with Crippen molar-refractivity contribution in [3.05, 3.63) is 35.7 Å². The third kappa shape index (κ3) is 2.63. The molecule has 0 saturated carbocycles. The average Bonchev–Trinajstić information content (AvgIpc) is 3.01. The number of aromatic nitrogens is 2. The fourth-order valence-electron chi connectivity index (χ4n) is 4.06. The van der Waals surface area contributed by atoms with Gasteiger partial charge in [0.1, 0.15) is 0 Å². The van der Waals surface area contributed by atoms with Gasteiger partial charge in [-0.25, -0.2) is 4.52 Å². The van der Waals surface area contributed by atoms with Crippen LogP contribution < -0.4 is 5.32 Å². The molecule has 0 spiro atoms. The number of fused-ring (bicyclic) bond motifs is 4. The highest BCUT2D eigenvalue weighted by Gasteiger charge is 2.35. The van der Waals surface area contributed by atoms with Crippen LogP contribution in [-0.4, -0.2) is 46.1 Å². The van der Waals surface area contributed by atoms with Gasteiger partial charge in [-0.2, -0.15) is 5.10 Å². The van der Waals surface area contributed by atoms with Crippen LogP contribution in [0.4, 0.5) is 0 Å². The van der Waals surface area contributed by atoms with Crippen LogP contribution in [0.1, 0.15) is 42.2 Å². The average molecular weight is 312 g/mol. The van der Waals surface area contributed by atoms with Crippen LogP contribution in [0.25, 0.3) is 5.52 Å². The Morgan fingerprint density at radius 2 is 2.17 bits per heavy atom. The van der Waals surface area contributed by atoms with Crippen molar-refractivity contribution in [2.45, 2.75) is 38.6 Å². The molecule has 0 radical (unpaired) electrons. The highest BCUT2D eigenvalue weighted by atomic mass is 16.1. The number of hydrogen-bond acceptors (Lipinski definition) is 3. The van der Waals surface area contributed by atoms with Gasteiger partial charge < -0.3 is 10.2 Å². The molecule has 23 heavy (non-hydrogen) atoms. The minimum absolute atomic E-state index is 0.0207. The van der Waals surface area contributed by atoms with E-state index in [4.69, 9.17) is 0 Å². The normalized spacial score (nSPS) is 26.6. The molecule has 5 rings (SSSR count). The summed E-state index contributed by atoms with van der Waals surface area (Å²) in [6.07, 6.45) is 6.17. The Hall–Kier alpha value is -1.88.